The summed E-state index contributed by atoms with van der Waals surface area (Å²) in [6, 6.07) is 0. The van der Waals surface area contributed by atoms with Gasteiger partial charge in [-0.3, -0.25) is 9.59 Å². The van der Waals surface area contributed by atoms with Gasteiger partial charge in [0.1, 0.15) is 6.61 Å². The van der Waals surface area contributed by atoms with Crippen LogP contribution >= 0.6 is 0 Å². The number of hydrogen-bond acceptors (Lipinski definition) is 5. The summed E-state index contributed by atoms with van der Waals surface area (Å²) in [4.78, 5) is 24.5. The maximum absolute atomic E-state index is 12.2. The van der Waals surface area contributed by atoms with E-state index in [4.69, 9.17) is 9.47 Å². The molecule has 0 aliphatic carbocycles. The van der Waals surface area contributed by atoms with Crippen molar-refractivity contribution in [2.24, 2.45) is 0 Å². The number of unbranched alkanes of at least 4 members (excludes halogenated alkanes) is 24. The minimum absolute atomic E-state index is 0.0999. The second-order valence-corrected chi connectivity index (χ2v) is 19.0. The molecule has 0 fully saturated rings. The molecule has 0 heterocycles. The highest BCUT2D eigenvalue weighted by molar-refractivity contribution is 5.70. The second kappa shape index (κ2) is 59.6. The highest BCUT2D eigenvalue weighted by Gasteiger charge is 2.15. The lowest BCUT2D eigenvalue weighted by Crippen LogP contribution is -2.28. The van der Waals surface area contributed by atoms with Gasteiger partial charge in [0.05, 0.1) is 6.61 Å². The van der Waals surface area contributed by atoms with E-state index in [1.807, 2.05) is 12.2 Å². The van der Waals surface area contributed by atoms with Crippen LogP contribution in [0.3, 0.4) is 0 Å². The van der Waals surface area contributed by atoms with Crippen LogP contribution < -0.4 is 0 Å². The van der Waals surface area contributed by atoms with Crippen LogP contribution in [0, 0.1) is 0 Å². The molecule has 0 radical (unpaired) electrons. The Morgan fingerprint density at radius 2 is 0.600 bits per heavy atom. The molecule has 0 spiro atoms. The van der Waals surface area contributed by atoms with E-state index in [0.717, 1.165) is 83.5 Å². The Labute approximate surface area is 433 Å². The number of rotatable bonds is 52. The average molecular weight is 970 g/mol. The van der Waals surface area contributed by atoms with Crippen LogP contribution in [0.25, 0.3) is 0 Å². The summed E-state index contributed by atoms with van der Waals surface area (Å²) in [5.41, 5.74) is 0. The van der Waals surface area contributed by atoms with Crippen molar-refractivity contribution in [1.29, 1.82) is 0 Å². The van der Waals surface area contributed by atoms with E-state index in [2.05, 4.69) is 123 Å². The summed E-state index contributed by atoms with van der Waals surface area (Å²) < 4.78 is 10.6. The molecular formula is C65H108O5. The van der Waals surface area contributed by atoms with Crippen molar-refractivity contribution in [1.82, 2.24) is 0 Å². The Balaban J connectivity index is 3.49. The molecule has 70 heavy (non-hydrogen) atoms. The van der Waals surface area contributed by atoms with Crippen molar-refractivity contribution in [3.8, 4) is 0 Å². The third kappa shape index (κ3) is 56.9. The van der Waals surface area contributed by atoms with Crippen LogP contribution in [-0.4, -0.2) is 36.4 Å². The minimum Gasteiger partial charge on any atom is -0.462 e. The molecule has 1 N–H and O–H groups in total. The van der Waals surface area contributed by atoms with Gasteiger partial charge in [-0.25, -0.2) is 0 Å². The van der Waals surface area contributed by atoms with Gasteiger partial charge >= 0.3 is 11.9 Å². The van der Waals surface area contributed by atoms with Gasteiger partial charge in [-0.15, -0.1) is 0 Å². The lowest BCUT2D eigenvalue weighted by molar-refractivity contribution is -0.161. The Morgan fingerprint density at radius 3 is 0.914 bits per heavy atom. The maximum Gasteiger partial charge on any atom is 0.306 e. The van der Waals surface area contributed by atoms with Gasteiger partial charge in [0, 0.05) is 12.8 Å². The first-order valence-electron chi connectivity index (χ1n) is 29.1. The second-order valence-electron chi connectivity index (χ2n) is 19.0. The number of carbonyl (C=O) groups excluding carboxylic acids is 2. The molecule has 5 heteroatoms. The standard InChI is InChI=1S/C65H108O5/c1-3-5-7-9-11-13-15-17-19-21-23-24-25-26-27-28-29-30-31-32-33-34-35-36-37-38-39-40-42-43-45-47-49-51-53-55-57-59-64(67)69-62-63(61-66)70-65(68)60-58-56-54-52-50-48-46-44-41-22-20-18-16-14-12-10-8-6-4-2/h5-8,11-14,17-20,23-24,41,44,48,50,54,56,63,66H,3-4,9-10,15-16,21-22,25-40,42-43,45-47,49,51-53,55,57-62H2,1-2H3/b7-5-,8-6-,13-11-,14-12-,19-17-,20-18-,24-23-,44-41-,50-48-,56-54-. The van der Waals surface area contributed by atoms with Crippen LogP contribution in [0.15, 0.2) is 122 Å². The molecule has 1 unspecified atom stereocenters. The number of aliphatic hydroxyl groups excluding tert-OH is 1. The number of carbonyl (C=O) groups is 2. The lowest BCUT2D eigenvalue weighted by atomic mass is 10.0. The van der Waals surface area contributed by atoms with Crippen molar-refractivity contribution in [2.45, 2.75) is 264 Å². The summed E-state index contributed by atoms with van der Waals surface area (Å²) in [5, 5.41) is 9.63. The Kier molecular flexibility index (Phi) is 56.5. The molecule has 0 aromatic carbocycles. The van der Waals surface area contributed by atoms with Gasteiger partial charge in [-0.2, -0.15) is 0 Å². The van der Waals surface area contributed by atoms with E-state index < -0.39 is 12.1 Å². The van der Waals surface area contributed by atoms with Gasteiger partial charge in [-0.05, 0) is 89.9 Å². The molecule has 0 rings (SSSR count). The molecule has 0 saturated heterocycles. The first-order chi connectivity index (χ1) is 34.6. The number of allylic oxidation sites excluding steroid dienone is 20. The van der Waals surface area contributed by atoms with Crippen molar-refractivity contribution < 1.29 is 24.2 Å². The molecule has 0 bridgehead atoms. The third-order valence-corrected chi connectivity index (χ3v) is 12.3. The van der Waals surface area contributed by atoms with Gasteiger partial charge < -0.3 is 14.6 Å². The lowest BCUT2D eigenvalue weighted by Gasteiger charge is -2.15. The summed E-state index contributed by atoms with van der Waals surface area (Å²) >= 11 is 0. The molecule has 0 aromatic rings. The fourth-order valence-corrected chi connectivity index (χ4v) is 7.99. The van der Waals surface area contributed by atoms with E-state index in [1.165, 1.54) is 141 Å². The summed E-state index contributed by atoms with van der Waals surface area (Å²) in [6.07, 6.45) is 87.8. The Hall–Kier alpha value is -3.70. The highest BCUT2D eigenvalue weighted by atomic mass is 16.6. The van der Waals surface area contributed by atoms with Crippen LogP contribution in [0.2, 0.25) is 0 Å². The number of ether oxygens (including phenoxy) is 2. The van der Waals surface area contributed by atoms with E-state index in [0.29, 0.717) is 12.8 Å². The molecule has 0 amide bonds. The first kappa shape index (κ1) is 66.3. The summed E-state index contributed by atoms with van der Waals surface area (Å²) in [6.45, 7) is 3.86. The molecule has 1 atom stereocenters. The first-order valence-corrected chi connectivity index (χ1v) is 29.1. The Morgan fingerprint density at radius 1 is 0.329 bits per heavy atom. The van der Waals surface area contributed by atoms with Gasteiger partial charge in [0.25, 0.3) is 0 Å². The number of aliphatic hydroxyl groups is 1. The minimum atomic E-state index is -0.818. The van der Waals surface area contributed by atoms with E-state index in [1.54, 1.807) is 0 Å². The average Bonchev–Trinajstić information content (AvgIpc) is 3.36. The molecule has 0 aliphatic heterocycles. The number of hydrogen-bond donors (Lipinski definition) is 1. The summed E-state index contributed by atoms with van der Waals surface area (Å²) in [5.74, 6) is -0.687. The quantitative estimate of drug-likeness (QED) is 0.0374. The zero-order chi connectivity index (χ0) is 50.6. The van der Waals surface area contributed by atoms with Crippen molar-refractivity contribution in [3.63, 3.8) is 0 Å². The predicted octanol–water partition coefficient (Wildman–Crippen LogP) is 19.9. The fraction of sp³-hybridized carbons (Fsp3) is 0.662. The molecule has 5 nitrogen and oxygen atoms in total. The predicted molar refractivity (Wildman–Crippen MR) is 306 cm³/mol. The highest BCUT2D eigenvalue weighted by Crippen LogP contribution is 2.16. The van der Waals surface area contributed by atoms with Crippen molar-refractivity contribution in [2.75, 3.05) is 13.2 Å². The summed E-state index contributed by atoms with van der Waals surface area (Å²) in [7, 11) is 0. The Bertz CT molecular complexity index is 1420. The molecule has 398 valence electrons. The van der Waals surface area contributed by atoms with Crippen molar-refractivity contribution in [3.05, 3.63) is 122 Å². The largest absolute Gasteiger partial charge is 0.462 e. The molecular weight excluding hydrogens is 861 g/mol. The normalized spacial score (nSPS) is 13.1. The van der Waals surface area contributed by atoms with Crippen molar-refractivity contribution >= 4 is 11.9 Å². The van der Waals surface area contributed by atoms with E-state index in [9.17, 15) is 14.7 Å². The fourth-order valence-electron chi connectivity index (χ4n) is 7.99. The molecule has 0 aliphatic rings. The topological polar surface area (TPSA) is 72.8 Å². The third-order valence-electron chi connectivity index (χ3n) is 12.3. The van der Waals surface area contributed by atoms with E-state index in [-0.39, 0.29) is 25.6 Å². The maximum atomic E-state index is 12.2. The molecule has 0 saturated carbocycles. The van der Waals surface area contributed by atoms with Crippen LogP contribution in [0.1, 0.15) is 258 Å². The smallest absolute Gasteiger partial charge is 0.306 e. The zero-order valence-corrected chi connectivity index (χ0v) is 45.5. The monoisotopic (exact) mass is 969 g/mol. The zero-order valence-electron chi connectivity index (χ0n) is 45.5. The van der Waals surface area contributed by atoms with E-state index >= 15 is 0 Å². The number of esters is 2. The van der Waals surface area contributed by atoms with Gasteiger partial charge in [-0.1, -0.05) is 277 Å². The van der Waals surface area contributed by atoms with Crippen LogP contribution in [0.4, 0.5) is 0 Å². The molecule has 0 aromatic heterocycles. The SMILES string of the molecule is CC/C=C\C/C=C\C/C=C\C/C=C\C/C=C\C/C=C\CCC(=O)OC(CO)COC(=O)CCCCCCCCCCCCCCCCCCCCCCCCCC/C=C\C/C=C\C/C=C\C/C=C\CC. The van der Waals surface area contributed by atoms with Gasteiger partial charge in [0.2, 0.25) is 0 Å². The van der Waals surface area contributed by atoms with Gasteiger partial charge in [0.15, 0.2) is 6.10 Å². The van der Waals surface area contributed by atoms with Crippen LogP contribution in [-0.2, 0) is 19.1 Å². The van der Waals surface area contributed by atoms with Crippen LogP contribution in [0.5, 0.6) is 0 Å².